The SMILES string of the molecule is CCN(CC)C[C@@H]1CN(C(=O)c2cnc3ccccc3c2)Cc2ccnn21. The molecule has 6 nitrogen and oxygen atoms in total. The van der Waals surface area contributed by atoms with Crippen LogP contribution >= 0.6 is 0 Å². The Hall–Kier alpha value is -2.73. The normalized spacial score (nSPS) is 16.7. The highest BCUT2D eigenvalue weighted by molar-refractivity contribution is 5.97. The van der Waals surface area contributed by atoms with Crippen LogP contribution in [-0.4, -0.2) is 56.7 Å². The first-order valence-electron chi connectivity index (χ1n) is 9.58. The monoisotopic (exact) mass is 363 g/mol. The molecule has 4 rings (SSSR count). The van der Waals surface area contributed by atoms with E-state index < -0.39 is 0 Å². The Bertz CT molecular complexity index is 946. The lowest BCUT2D eigenvalue weighted by Crippen LogP contribution is -2.45. The lowest BCUT2D eigenvalue weighted by molar-refractivity contribution is 0.0642. The third-order valence-electron chi connectivity index (χ3n) is 5.37. The van der Waals surface area contributed by atoms with Gasteiger partial charge in [0, 0.05) is 30.9 Å². The maximum atomic E-state index is 13.2. The molecule has 0 fully saturated rings. The van der Waals surface area contributed by atoms with Crippen molar-refractivity contribution < 1.29 is 4.79 Å². The van der Waals surface area contributed by atoms with Crippen LogP contribution < -0.4 is 0 Å². The van der Waals surface area contributed by atoms with Crippen LogP contribution in [-0.2, 0) is 6.54 Å². The first-order chi connectivity index (χ1) is 13.2. The number of pyridine rings is 1. The van der Waals surface area contributed by atoms with E-state index in [-0.39, 0.29) is 11.9 Å². The Morgan fingerprint density at radius 2 is 2.04 bits per heavy atom. The molecule has 0 saturated carbocycles. The van der Waals surface area contributed by atoms with E-state index in [9.17, 15) is 4.79 Å². The van der Waals surface area contributed by atoms with Crippen LogP contribution in [0.5, 0.6) is 0 Å². The van der Waals surface area contributed by atoms with Crippen LogP contribution in [0.25, 0.3) is 10.9 Å². The molecule has 1 atom stereocenters. The van der Waals surface area contributed by atoms with Gasteiger partial charge in [-0.25, -0.2) is 0 Å². The smallest absolute Gasteiger partial charge is 0.255 e. The highest BCUT2D eigenvalue weighted by atomic mass is 16.2. The quantitative estimate of drug-likeness (QED) is 0.699. The molecule has 140 valence electrons. The standard InChI is InChI=1S/C21H25N5O/c1-3-24(4-2)13-19-15-25(14-18-9-10-23-26(18)19)21(27)17-11-16-7-5-6-8-20(16)22-12-17/h5-12,19H,3-4,13-15H2,1-2H3/t19-/m1/s1. The number of likely N-dealkylation sites (N-methyl/N-ethyl adjacent to an activating group) is 1. The van der Waals surface area contributed by atoms with Crippen molar-refractivity contribution in [3.8, 4) is 0 Å². The molecule has 1 aliphatic heterocycles. The van der Waals surface area contributed by atoms with Gasteiger partial charge in [-0.15, -0.1) is 0 Å². The second-order valence-corrected chi connectivity index (χ2v) is 7.01. The molecule has 1 aromatic carbocycles. The zero-order valence-corrected chi connectivity index (χ0v) is 15.9. The number of hydrogen-bond donors (Lipinski definition) is 0. The van der Waals surface area contributed by atoms with Gasteiger partial charge in [0.2, 0.25) is 0 Å². The summed E-state index contributed by atoms with van der Waals surface area (Å²) >= 11 is 0. The number of benzene rings is 1. The van der Waals surface area contributed by atoms with Crippen molar-refractivity contribution in [3.05, 3.63) is 60.0 Å². The molecule has 0 saturated heterocycles. The summed E-state index contributed by atoms with van der Waals surface area (Å²) in [6.07, 6.45) is 3.52. The van der Waals surface area contributed by atoms with E-state index in [0.717, 1.165) is 36.2 Å². The molecule has 0 bridgehead atoms. The van der Waals surface area contributed by atoms with Crippen LogP contribution in [0, 0.1) is 0 Å². The summed E-state index contributed by atoms with van der Waals surface area (Å²) in [5.74, 6) is 0.0326. The summed E-state index contributed by atoms with van der Waals surface area (Å²) in [5.41, 5.74) is 2.63. The molecule has 27 heavy (non-hydrogen) atoms. The topological polar surface area (TPSA) is 54.3 Å². The van der Waals surface area contributed by atoms with Crippen molar-refractivity contribution in [2.75, 3.05) is 26.2 Å². The number of para-hydroxylation sites is 1. The fourth-order valence-corrected chi connectivity index (χ4v) is 3.83. The Labute approximate surface area is 159 Å². The highest BCUT2D eigenvalue weighted by Crippen LogP contribution is 2.23. The Balaban J connectivity index is 1.60. The summed E-state index contributed by atoms with van der Waals surface area (Å²) in [4.78, 5) is 21.9. The van der Waals surface area contributed by atoms with E-state index in [1.165, 1.54) is 0 Å². The van der Waals surface area contributed by atoms with Crippen LogP contribution in [0.2, 0.25) is 0 Å². The molecule has 0 N–H and O–H groups in total. The molecule has 3 aromatic rings. The molecule has 1 amide bonds. The maximum Gasteiger partial charge on any atom is 0.255 e. The maximum absolute atomic E-state index is 13.2. The highest BCUT2D eigenvalue weighted by Gasteiger charge is 2.30. The molecule has 0 aliphatic carbocycles. The average Bonchev–Trinajstić information content (AvgIpc) is 3.19. The second-order valence-electron chi connectivity index (χ2n) is 7.01. The fraction of sp³-hybridized carbons (Fsp3) is 0.381. The van der Waals surface area contributed by atoms with Gasteiger partial charge in [-0.3, -0.25) is 14.5 Å². The van der Waals surface area contributed by atoms with Crippen molar-refractivity contribution in [2.24, 2.45) is 0 Å². The van der Waals surface area contributed by atoms with E-state index in [1.54, 1.807) is 6.20 Å². The third kappa shape index (κ3) is 3.45. The predicted octanol–water partition coefficient (Wildman–Crippen LogP) is 2.97. The first-order valence-corrected chi connectivity index (χ1v) is 9.58. The number of amides is 1. The van der Waals surface area contributed by atoms with E-state index >= 15 is 0 Å². The van der Waals surface area contributed by atoms with Crippen LogP contribution in [0.1, 0.15) is 35.9 Å². The van der Waals surface area contributed by atoms with Gasteiger partial charge < -0.3 is 9.80 Å². The van der Waals surface area contributed by atoms with Crippen LogP contribution in [0.4, 0.5) is 0 Å². The number of hydrogen-bond acceptors (Lipinski definition) is 4. The summed E-state index contributed by atoms with van der Waals surface area (Å²) in [6, 6.07) is 12.0. The van der Waals surface area contributed by atoms with Crippen LogP contribution in [0.15, 0.2) is 48.8 Å². The van der Waals surface area contributed by atoms with Crippen molar-refractivity contribution in [3.63, 3.8) is 0 Å². The fourth-order valence-electron chi connectivity index (χ4n) is 3.83. The van der Waals surface area contributed by atoms with Gasteiger partial charge in [-0.1, -0.05) is 32.0 Å². The van der Waals surface area contributed by atoms with Crippen molar-refractivity contribution in [1.29, 1.82) is 0 Å². The molecule has 0 spiro atoms. The van der Waals surface area contributed by atoms with Gasteiger partial charge in [0.1, 0.15) is 0 Å². The number of carbonyl (C=O) groups is 1. The molecule has 1 aliphatic rings. The zero-order valence-electron chi connectivity index (χ0n) is 15.9. The summed E-state index contributed by atoms with van der Waals surface area (Å²) in [6.45, 7) is 8.46. The minimum atomic E-state index is 0.0326. The number of rotatable bonds is 5. The second kappa shape index (κ2) is 7.48. The average molecular weight is 363 g/mol. The summed E-state index contributed by atoms with van der Waals surface area (Å²) < 4.78 is 2.08. The van der Waals surface area contributed by atoms with Gasteiger partial charge in [0.15, 0.2) is 0 Å². The Kier molecular flexibility index (Phi) is 4.90. The Morgan fingerprint density at radius 3 is 2.85 bits per heavy atom. The minimum Gasteiger partial charge on any atom is -0.331 e. The van der Waals surface area contributed by atoms with Crippen molar-refractivity contribution in [1.82, 2.24) is 24.6 Å². The van der Waals surface area contributed by atoms with E-state index in [2.05, 4.69) is 33.5 Å². The molecule has 6 heteroatoms. The van der Waals surface area contributed by atoms with Crippen LogP contribution in [0.3, 0.4) is 0 Å². The predicted molar refractivity (Wildman–Crippen MR) is 106 cm³/mol. The number of fused-ring (bicyclic) bond motifs is 2. The summed E-state index contributed by atoms with van der Waals surface area (Å²) in [7, 11) is 0. The molecular weight excluding hydrogens is 338 g/mol. The minimum absolute atomic E-state index is 0.0326. The summed E-state index contributed by atoms with van der Waals surface area (Å²) in [5, 5.41) is 5.50. The molecule has 3 heterocycles. The number of carbonyl (C=O) groups excluding carboxylic acids is 1. The van der Waals surface area contributed by atoms with E-state index in [4.69, 9.17) is 0 Å². The van der Waals surface area contributed by atoms with Gasteiger partial charge in [0.25, 0.3) is 5.91 Å². The van der Waals surface area contributed by atoms with Gasteiger partial charge >= 0.3 is 0 Å². The largest absolute Gasteiger partial charge is 0.331 e. The van der Waals surface area contributed by atoms with E-state index in [1.807, 2.05) is 47.5 Å². The molecule has 0 radical (unpaired) electrons. The van der Waals surface area contributed by atoms with Gasteiger partial charge in [-0.2, -0.15) is 5.10 Å². The molecule has 0 unspecified atom stereocenters. The number of aromatic nitrogens is 3. The van der Waals surface area contributed by atoms with Gasteiger partial charge in [-0.05, 0) is 31.3 Å². The lowest BCUT2D eigenvalue weighted by Gasteiger charge is -2.36. The first kappa shape index (κ1) is 17.7. The lowest BCUT2D eigenvalue weighted by atomic mass is 10.1. The Morgan fingerprint density at radius 1 is 1.22 bits per heavy atom. The van der Waals surface area contributed by atoms with Gasteiger partial charge in [0.05, 0.1) is 29.4 Å². The van der Waals surface area contributed by atoms with Crippen molar-refractivity contribution in [2.45, 2.75) is 26.4 Å². The zero-order chi connectivity index (χ0) is 18.8. The van der Waals surface area contributed by atoms with E-state index in [0.29, 0.717) is 18.7 Å². The molecule has 2 aromatic heterocycles. The molecular formula is C21H25N5O. The third-order valence-corrected chi connectivity index (χ3v) is 5.37. The van der Waals surface area contributed by atoms with Crippen molar-refractivity contribution >= 4 is 16.8 Å². The number of nitrogens with zero attached hydrogens (tertiary/aromatic N) is 5.